The van der Waals surface area contributed by atoms with Crippen molar-refractivity contribution in [2.75, 3.05) is 14.1 Å². The summed E-state index contributed by atoms with van der Waals surface area (Å²) in [6.07, 6.45) is 0.979. The molecule has 2 fully saturated rings. The fourth-order valence-electron chi connectivity index (χ4n) is 4.65. The number of hydroxylamine groups is 1. The zero-order valence-electron chi connectivity index (χ0n) is 16.7. The van der Waals surface area contributed by atoms with Crippen LogP contribution in [0.25, 0.3) is 0 Å². The molecule has 2 saturated carbocycles. The SMILES string of the molecule is CN(C)S(=O)(=O)C1C(F)C(ONC(=O)c2ccccc2)CC(Cl)C12CCCCC2. The van der Waals surface area contributed by atoms with E-state index in [1.807, 2.05) is 0 Å². The predicted molar refractivity (Wildman–Crippen MR) is 110 cm³/mol. The van der Waals surface area contributed by atoms with Crippen molar-refractivity contribution in [3.8, 4) is 0 Å². The van der Waals surface area contributed by atoms with Gasteiger partial charge in [0.15, 0.2) is 0 Å². The number of hydrogen-bond acceptors (Lipinski definition) is 4. The molecule has 0 saturated heterocycles. The van der Waals surface area contributed by atoms with Gasteiger partial charge in [-0.2, -0.15) is 0 Å². The Morgan fingerprint density at radius 3 is 2.41 bits per heavy atom. The van der Waals surface area contributed by atoms with E-state index in [9.17, 15) is 13.2 Å². The van der Waals surface area contributed by atoms with Gasteiger partial charge in [-0.3, -0.25) is 9.63 Å². The third-order valence-corrected chi connectivity index (χ3v) is 9.23. The van der Waals surface area contributed by atoms with Crippen molar-refractivity contribution < 1.29 is 22.4 Å². The van der Waals surface area contributed by atoms with Crippen molar-refractivity contribution in [2.24, 2.45) is 5.41 Å². The molecule has 1 spiro atoms. The molecule has 29 heavy (non-hydrogen) atoms. The molecule has 2 aliphatic carbocycles. The van der Waals surface area contributed by atoms with Gasteiger partial charge >= 0.3 is 0 Å². The Hall–Kier alpha value is -1.22. The van der Waals surface area contributed by atoms with E-state index < -0.39 is 44.2 Å². The Morgan fingerprint density at radius 1 is 1.21 bits per heavy atom. The second kappa shape index (κ2) is 8.88. The standard InChI is InChI=1S/C20H28ClFN2O4S/c1-24(2)29(26,27)18-17(22)15(13-16(21)20(18)11-7-4-8-12-20)28-23-19(25)14-9-5-3-6-10-14/h3,5-6,9-10,15-18H,4,7-8,11-13H2,1-2H3,(H,23,25). The average molecular weight is 447 g/mol. The summed E-state index contributed by atoms with van der Waals surface area (Å²) < 4.78 is 43.0. The fourth-order valence-corrected chi connectivity index (χ4v) is 7.20. The topological polar surface area (TPSA) is 75.7 Å². The van der Waals surface area contributed by atoms with Gasteiger partial charge in [0.05, 0.1) is 0 Å². The van der Waals surface area contributed by atoms with Crippen LogP contribution in [0.2, 0.25) is 0 Å². The molecule has 3 rings (SSSR count). The summed E-state index contributed by atoms with van der Waals surface area (Å²) in [5.41, 5.74) is 1.80. The van der Waals surface area contributed by atoms with E-state index in [4.69, 9.17) is 16.4 Å². The lowest BCUT2D eigenvalue weighted by Gasteiger charge is -2.52. The zero-order valence-corrected chi connectivity index (χ0v) is 18.3. The molecule has 9 heteroatoms. The van der Waals surface area contributed by atoms with Crippen molar-refractivity contribution >= 4 is 27.5 Å². The van der Waals surface area contributed by atoms with Crippen LogP contribution in [0.5, 0.6) is 0 Å². The van der Waals surface area contributed by atoms with Gasteiger partial charge < -0.3 is 0 Å². The number of alkyl halides is 2. The van der Waals surface area contributed by atoms with Crippen LogP contribution < -0.4 is 5.48 Å². The number of benzene rings is 1. The number of hydrogen-bond donors (Lipinski definition) is 1. The first kappa shape index (κ1) is 22.5. The second-order valence-electron chi connectivity index (χ2n) is 8.14. The number of amides is 1. The van der Waals surface area contributed by atoms with Crippen LogP contribution in [0.3, 0.4) is 0 Å². The molecule has 162 valence electrons. The summed E-state index contributed by atoms with van der Waals surface area (Å²) in [6, 6.07) is 8.39. The molecule has 6 nitrogen and oxygen atoms in total. The lowest BCUT2D eigenvalue weighted by Crippen LogP contribution is -2.63. The smallest absolute Gasteiger partial charge is 0.267 e. The summed E-state index contributed by atoms with van der Waals surface area (Å²) in [7, 11) is -1.12. The van der Waals surface area contributed by atoms with Crippen molar-refractivity contribution in [2.45, 2.75) is 61.4 Å². The highest BCUT2D eigenvalue weighted by Crippen LogP contribution is 2.53. The molecule has 4 unspecified atom stereocenters. The molecule has 1 aromatic rings. The van der Waals surface area contributed by atoms with E-state index in [1.165, 1.54) is 14.1 Å². The van der Waals surface area contributed by atoms with Crippen LogP contribution >= 0.6 is 11.6 Å². The third-order valence-electron chi connectivity index (χ3n) is 6.23. The molecule has 1 aromatic carbocycles. The fraction of sp³-hybridized carbons (Fsp3) is 0.650. The number of halogens is 2. The van der Waals surface area contributed by atoms with Gasteiger partial charge in [-0.25, -0.2) is 22.6 Å². The van der Waals surface area contributed by atoms with Gasteiger partial charge in [-0.1, -0.05) is 37.5 Å². The number of sulfonamides is 1. The minimum absolute atomic E-state index is 0.136. The maximum Gasteiger partial charge on any atom is 0.274 e. The Labute approximate surface area is 176 Å². The first-order valence-corrected chi connectivity index (χ1v) is 11.8. The van der Waals surface area contributed by atoms with Crippen LogP contribution in [0.15, 0.2) is 30.3 Å². The lowest BCUT2D eigenvalue weighted by molar-refractivity contribution is -0.0923. The van der Waals surface area contributed by atoms with E-state index in [0.29, 0.717) is 18.4 Å². The largest absolute Gasteiger partial charge is 0.274 e. The summed E-state index contributed by atoms with van der Waals surface area (Å²) in [5.74, 6) is -0.520. The zero-order chi connectivity index (χ0) is 21.2. The van der Waals surface area contributed by atoms with Gasteiger partial charge in [-0.05, 0) is 31.4 Å². The second-order valence-corrected chi connectivity index (χ2v) is 10.9. The number of rotatable bonds is 5. The number of carbonyl (C=O) groups is 1. The number of carbonyl (C=O) groups excluding carboxylic acids is 1. The van der Waals surface area contributed by atoms with Gasteiger partial charge in [0.2, 0.25) is 10.0 Å². The Balaban J connectivity index is 1.84. The molecule has 0 aromatic heterocycles. The van der Waals surface area contributed by atoms with Gasteiger partial charge in [0, 0.05) is 30.5 Å². The lowest BCUT2D eigenvalue weighted by atomic mass is 9.63. The molecular formula is C20H28ClFN2O4S. The number of nitrogens with one attached hydrogen (secondary N) is 1. The predicted octanol–water partition coefficient (Wildman–Crippen LogP) is 3.28. The summed E-state index contributed by atoms with van der Waals surface area (Å²) >= 11 is 6.71. The quantitative estimate of drug-likeness (QED) is 0.556. The highest BCUT2D eigenvalue weighted by molar-refractivity contribution is 7.89. The van der Waals surface area contributed by atoms with Crippen LogP contribution in [0, 0.1) is 5.41 Å². The average Bonchev–Trinajstić information content (AvgIpc) is 2.70. The van der Waals surface area contributed by atoms with E-state index in [-0.39, 0.29) is 6.42 Å². The van der Waals surface area contributed by atoms with Crippen molar-refractivity contribution in [3.63, 3.8) is 0 Å². The van der Waals surface area contributed by atoms with E-state index in [1.54, 1.807) is 30.3 Å². The van der Waals surface area contributed by atoms with Crippen molar-refractivity contribution in [1.82, 2.24) is 9.79 Å². The minimum atomic E-state index is -3.93. The molecule has 0 radical (unpaired) electrons. The van der Waals surface area contributed by atoms with Crippen LogP contribution in [0.4, 0.5) is 4.39 Å². The van der Waals surface area contributed by atoms with Gasteiger partial charge in [0.1, 0.15) is 17.5 Å². The molecular weight excluding hydrogens is 419 g/mol. The minimum Gasteiger partial charge on any atom is -0.267 e. The Morgan fingerprint density at radius 2 is 1.83 bits per heavy atom. The molecule has 0 heterocycles. The molecule has 1 amide bonds. The van der Waals surface area contributed by atoms with E-state index >= 15 is 4.39 Å². The maximum absolute atomic E-state index is 15.7. The maximum atomic E-state index is 15.7. The summed E-state index contributed by atoms with van der Waals surface area (Å²) in [5, 5.41) is -1.87. The normalized spacial score (nSPS) is 29.7. The third kappa shape index (κ3) is 4.31. The summed E-state index contributed by atoms with van der Waals surface area (Å²) in [6.45, 7) is 0. The Bertz CT molecular complexity index is 815. The highest BCUT2D eigenvalue weighted by atomic mass is 35.5. The van der Waals surface area contributed by atoms with E-state index in [0.717, 1.165) is 23.6 Å². The first-order valence-electron chi connectivity index (χ1n) is 9.90. The van der Waals surface area contributed by atoms with Gasteiger partial charge in [0.25, 0.3) is 5.91 Å². The Kier molecular flexibility index (Phi) is 6.88. The molecule has 0 aliphatic heterocycles. The van der Waals surface area contributed by atoms with Crippen LogP contribution in [0.1, 0.15) is 48.9 Å². The highest BCUT2D eigenvalue weighted by Gasteiger charge is 2.61. The van der Waals surface area contributed by atoms with Gasteiger partial charge in [-0.15, -0.1) is 11.6 Å². The number of nitrogens with zero attached hydrogens (tertiary/aromatic N) is 1. The van der Waals surface area contributed by atoms with Crippen LogP contribution in [-0.2, 0) is 14.9 Å². The molecule has 2 aliphatic rings. The van der Waals surface area contributed by atoms with Crippen molar-refractivity contribution in [3.05, 3.63) is 35.9 Å². The first-order chi connectivity index (χ1) is 13.7. The molecule has 4 atom stereocenters. The van der Waals surface area contributed by atoms with E-state index in [2.05, 4.69) is 5.48 Å². The van der Waals surface area contributed by atoms with Crippen LogP contribution in [-0.4, -0.2) is 55.6 Å². The summed E-state index contributed by atoms with van der Waals surface area (Å²) in [4.78, 5) is 17.6. The molecule has 0 bridgehead atoms. The van der Waals surface area contributed by atoms with Crippen molar-refractivity contribution in [1.29, 1.82) is 0 Å². The monoisotopic (exact) mass is 446 g/mol. The molecule has 1 N–H and O–H groups in total.